The third kappa shape index (κ3) is 3.92. The van der Waals surface area contributed by atoms with Crippen LogP contribution >= 0.6 is 11.3 Å². The molecule has 9 nitrogen and oxygen atoms in total. The Morgan fingerprint density at radius 2 is 2.14 bits per heavy atom. The van der Waals surface area contributed by atoms with Crippen molar-refractivity contribution in [2.24, 2.45) is 0 Å². The Balaban J connectivity index is 1.46. The average molecular weight is 402 g/mol. The molecule has 1 fully saturated rings. The number of thiazole rings is 1. The number of nitrogens with zero attached hydrogens (tertiary/aromatic N) is 5. The number of aromatic nitrogens is 3. The smallest absolute Gasteiger partial charge is 0.273 e. The summed E-state index contributed by atoms with van der Waals surface area (Å²) in [4.78, 5) is 38.3. The van der Waals surface area contributed by atoms with Crippen LogP contribution < -0.4 is 15.8 Å². The number of anilines is 1. The van der Waals surface area contributed by atoms with Gasteiger partial charge in [-0.25, -0.2) is 4.98 Å². The van der Waals surface area contributed by atoms with E-state index in [1.807, 2.05) is 0 Å². The van der Waals surface area contributed by atoms with E-state index in [0.29, 0.717) is 16.1 Å². The van der Waals surface area contributed by atoms with Crippen molar-refractivity contribution in [3.8, 4) is 0 Å². The van der Waals surface area contributed by atoms with Crippen LogP contribution in [0.3, 0.4) is 0 Å². The van der Waals surface area contributed by atoms with Gasteiger partial charge in [0, 0.05) is 26.2 Å². The molecule has 0 spiro atoms. The summed E-state index contributed by atoms with van der Waals surface area (Å²) in [5.74, 6) is 0.379. The highest BCUT2D eigenvalue weighted by Crippen LogP contribution is 2.26. The average Bonchev–Trinajstić information content (AvgIpc) is 3.39. The van der Waals surface area contributed by atoms with Crippen molar-refractivity contribution in [2.45, 2.75) is 20.0 Å². The summed E-state index contributed by atoms with van der Waals surface area (Å²) < 4.78 is 6.98. The minimum Gasteiger partial charge on any atom is -0.467 e. The Hall–Kier alpha value is -2.72. The standard InChI is InChI=1S/C18H22N6O3S/c1-2-22-5-7-23(8-6-22)18-21-16-15(28-18)17(26)24(12-20-16)11-14(25)19-10-13-4-3-9-27-13/h3-4,9,12H,2,5-8,10-11H2,1H3,(H,19,25). The number of amides is 1. The zero-order valence-electron chi connectivity index (χ0n) is 15.6. The van der Waals surface area contributed by atoms with Crippen LogP contribution in [0.15, 0.2) is 33.9 Å². The van der Waals surface area contributed by atoms with Gasteiger partial charge in [-0.3, -0.25) is 14.2 Å². The number of hydrogen-bond donors (Lipinski definition) is 1. The van der Waals surface area contributed by atoms with Crippen LogP contribution in [0.5, 0.6) is 0 Å². The highest BCUT2D eigenvalue weighted by Gasteiger charge is 2.20. The molecule has 1 N–H and O–H groups in total. The van der Waals surface area contributed by atoms with E-state index < -0.39 is 0 Å². The fraction of sp³-hybridized carbons (Fsp3) is 0.444. The van der Waals surface area contributed by atoms with E-state index in [9.17, 15) is 9.59 Å². The molecule has 1 aliphatic rings. The van der Waals surface area contributed by atoms with E-state index >= 15 is 0 Å². The lowest BCUT2D eigenvalue weighted by Gasteiger charge is -2.33. The van der Waals surface area contributed by atoms with Crippen molar-refractivity contribution in [1.29, 1.82) is 0 Å². The van der Waals surface area contributed by atoms with Crippen LogP contribution in [-0.2, 0) is 17.9 Å². The van der Waals surface area contributed by atoms with Gasteiger partial charge < -0.3 is 19.5 Å². The molecule has 0 bridgehead atoms. The molecule has 0 aromatic carbocycles. The van der Waals surface area contributed by atoms with Crippen LogP contribution in [0.1, 0.15) is 12.7 Å². The summed E-state index contributed by atoms with van der Waals surface area (Å²) in [5.41, 5.74) is 0.198. The lowest BCUT2D eigenvalue weighted by Crippen LogP contribution is -2.46. The topological polar surface area (TPSA) is 96.5 Å². The molecular formula is C18H22N6O3S. The third-order valence-electron chi connectivity index (χ3n) is 4.82. The zero-order chi connectivity index (χ0) is 19.5. The molecule has 148 valence electrons. The normalized spacial score (nSPS) is 15.2. The largest absolute Gasteiger partial charge is 0.467 e. The second-order valence-corrected chi connectivity index (χ2v) is 7.58. The molecule has 3 aromatic rings. The second-order valence-electron chi connectivity index (χ2n) is 6.60. The first-order chi connectivity index (χ1) is 13.6. The van der Waals surface area contributed by atoms with Crippen LogP contribution in [0.4, 0.5) is 5.13 Å². The maximum atomic E-state index is 12.8. The van der Waals surface area contributed by atoms with Crippen LogP contribution in [0.25, 0.3) is 10.3 Å². The number of carbonyl (C=O) groups is 1. The number of fused-ring (bicyclic) bond motifs is 1. The predicted molar refractivity (Wildman–Crippen MR) is 107 cm³/mol. The summed E-state index contributed by atoms with van der Waals surface area (Å²) >= 11 is 1.35. The maximum absolute atomic E-state index is 12.8. The lowest BCUT2D eigenvalue weighted by atomic mass is 10.3. The van der Waals surface area contributed by atoms with E-state index in [4.69, 9.17) is 4.42 Å². The lowest BCUT2D eigenvalue weighted by molar-refractivity contribution is -0.122. The van der Waals surface area contributed by atoms with Gasteiger partial charge in [-0.1, -0.05) is 18.3 Å². The molecule has 1 aliphatic heterocycles. The number of furan rings is 1. The highest BCUT2D eigenvalue weighted by molar-refractivity contribution is 7.22. The van der Waals surface area contributed by atoms with Gasteiger partial charge in [-0.05, 0) is 18.7 Å². The Morgan fingerprint density at radius 3 is 2.86 bits per heavy atom. The van der Waals surface area contributed by atoms with Gasteiger partial charge in [-0.15, -0.1) is 0 Å². The van der Waals surface area contributed by atoms with E-state index in [0.717, 1.165) is 37.9 Å². The van der Waals surface area contributed by atoms with Crippen LogP contribution in [-0.4, -0.2) is 58.1 Å². The van der Waals surface area contributed by atoms with Crippen molar-refractivity contribution >= 4 is 32.7 Å². The highest BCUT2D eigenvalue weighted by atomic mass is 32.1. The molecule has 4 heterocycles. The quantitative estimate of drug-likeness (QED) is 0.654. The summed E-state index contributed by atoms with van der Waals surface area (Å²) in [5, 5.41) is 3.55. The number of likely N-dealkylation sites (N-methyl/N-ethyl adjacent to an activating group) is 1. The van der Waals surface area contributed by atoms with Gasteiger partial charge in [0.05, 0.1) is 12.8 Å². The van der Waals surface area contributed by atoms with Crippen molar-refractivity contribution in [2.75, 3.05) is 37.6 Å². The number of hydrogen-bond acceptors (Lipinski definition) is 8. The van der Waals surface area contributed by atoms with E-state index in [1.165, 1.54) is 22.2 Å². The minimum atomic E-state index is -0.278. The van der Waals surface area contributed by atoms with Gasteiger partial charge in [0.25, 0.3) is 5.56 Å². The Labute approximate surface area is 165 Å². The Bertz CT molecular complexity index is 1000. The summed E-state index contributed by atoms with van der Waals surface area (Å²) in [6, 6.07) is 3.53. The van der Waals surface area contributed by atoms with Gasteiger partial charge in [0.1, 0.15) is 23.3 Å². The zero-order valence-corrected chi connectivity index (χ0v) is 16.4. The molecular weight excluding hydrogens is 380 g/mol. The van der Waals surface area contributed by atoms with Crippen LogP contribution in [0, 0.1) is 0 Å². The Morgan fingerprint density at radius 1 is 1.32 bits per heavy atom. The molecule has 0 saturated carbocycles. The molecule has 1 amide bonds. The van der Waals surface area contributed by atoms with Crippen molar-refractivity contribution < 1.29 is 9.21 Å². The summed E-state index contributed by atoms with van der Waals surface area (Å²) in [7, 11) is 0. The first-order valence-electron chi connectivity index (χ1n) is 9.26. The molecule has 0 aliphatic carbocycles. The van der Waals surface area contributed by atoms with E-state index in [1.54, 1.807) is 18.4 Å². The fourth-order valence-corrected chi connectivity index (χ4v) is 4.17. The third-order valence-corrected chi connectivity index (χ3v) is 5.91. The predicted octanol–water partition coefficient (Wildman–Crippen LogP) is 0.904. The Kier molecular flexibility index (Phi) is 5.40. The molecule has 0 atom stereocenters. The first kappa shape index (κ1) is 18.6. The molecule has 0 radical (unpaired) electrons. The summed E-state index contributed by atoms with van der Waals surface area (Å²) in [6.45, 7) is 7.13. The number of carbonyl (C=O) groups excluding carboxylic acids is 1. The fourth-order valence-electron chi connectivity index (χ4n) is 3.15. The van der Waals surface area contributed by atoms with Crippen molar-refractivity contribution in [1.82, 2.24) is 24.8 Å². The van der Waals surface area contributed by atoms with Gasteiger partial charge in [0.15, 0.2) is 10.8 Å². The van der Waals surface area contributed by atoms with Crippen molar-refractivity contribution in [3.63, 3.8) is 0 Å². The van der Waals surface area contributed by atoms with Crippen molar-refractivity contribution in [3.05, 3.63) is 40.8 Å². The molecule has 28 heavy (non-hydrogen) atoms. The molecule has 1 saturated heterocycles. The van der Waals surface area contributed by atoms with Gasteiger partial charge in [-0.2, -0.15) is 4.98 Å². The molecule has 0 unspecified atom stereocenters. The maximum Gasteiger partial charge on any atom is 0.273 e. The summed E-state index contributed by atoms with van der Waals surface area (Å²) in [6.07, 6.45) is 2.93. The number of nitrogens with one attached hydrogen (secondary N) is 1. The number of piperazine rings is 1. The number of rotatable bonds is 6. The minimum absolute atomic E-state index is 0.0924. The first-order valence-corrected chi connectivity index (χ1v) is 10.1. The molecule has 4 rings (SSSR count). The van der Waals surface area contributed by atoms with Crippen LogP contribution in [0.2, 0.25) is 0 Å². The second kappa shape index (κ2) is 8.11. The van der Waals surface area contributed by atoms with Gasteiger partial charge in [0.2, 0.25) is 5.91 Å². The molecule has 10 heteroatoms. The van der Waals surface area contributed by atoms with E-state index in [2.05, 4.69) is 32.0 Å². The SMILES string of the molecule is CCN1CCN(c2nc3ncn(CC(=O)NCc4ccco4)c(=O)c3s2)CC1. The molecule has 3 aromatic heterocycles. The monoisotopic (exact) mass is 402 g/mol. The van der Waals surface area contributed by atoms with Gasteiger partial charge >= 0.3 is 0 Å². The van der Waals surface area contributed by atoms with E-state index in [-0.39, 0.29) is 24.6 Å².